The van der Waals surface area contributed by atoms with Gasteiger partial charge < -0.3 is 4.74 Å². The number of carbonyl (C=O) groups is 1. The number of ketones is 1. The highest BCUT2D eigenvalue weighted by atomic mass is 32.2. The highest BCUT2D eigenvalue weighted by Gasteiger charge is 2.30. The topological polar surface area (TPSA) is 63.7 Å². The number of hydrogen-bond donors (Lipinski definition) is 0. The number of nitrogens with zero attached hydrogens (tertiary/aromatic N) is 1. The zero-order valence-electron chi connectivity index (χ0n) is 13.1. The minimum atomic E-state index is -3.55. The van der Waals surface area contributed by atoms with Crippen molar-refractivity contribution in [3.05, 3.63) is 29.8 Å². The molecule has 0 N–H and O–H groups in total. The van der Waals surface area contributed by atoms with Gasteiger partial charge in [-0.1, -0.05) is 12.1 Å². The van der Waals surface area contributed by atoms with Gasteiger partial charge in [-0.15, -0.1) is 0 Å². The molecule has 1 aliphatic heterocycles. The van der Waals surface area contributed by atoms with Gasteiger partial charge in [0.1, 0.15) is 0 Å². The Morgan fingerprint density at radius 2 is 2.18 bits per heavy atom. The second-order valence-corrected chi connectivity index (χ2v) is 7.55. The molecule has 1 atom stereocenters. The van der Waals surface area contributed by atoms with E-state index in [-0.39, 0.29) is 16.6 Å². The quantitative estimate of drug-likeness (QED) is 0.753. The van der Waals surface area contributed by atoms with E-state index in [0.29, 0.717) is 31.9 Å². The fourth-order valence-corrected chi connectivity index (χ4v) is 4.29. The summed E-state index contributed by atoms with van der Waals surface area (Å²) in [6, 6.07) is 6.26. The number of Topliss-reactive ketones (excluding diaryl/α,β-unsaturated/α-hetero) is 1. The molecular formula is C16H23NO4S. The summed E-state index contributed by atoms with van der Waals surface area (Å²) in [4.78, 5) is 11.6. The SMILES string of the molecule is CCOCC1CCCN(S(=O)(=O)c2cccc(C(C)=O)c2)C1. The van der Waals surface area contributed by atoms with Crippen molar-refractivity contribution in [3.8, 4) is 0 Å². The first kappa shape index (κ1) is 17.1. The molecule has 0 saturated carbocycles. The van der Waals surface area contributed by atoms with Gasteiger partial charge in [-0.2, -0.15) is 4.31 Å². The third kappa shape index (κ3) is 3.94. The Morgan fingerprint density at radius 3 is 2.86 bits per heavy atom. The molecule has 1 aliphatic rings. The van der Waals surface area contributed by atoms with E-state index < -0.39 is 10.0 Å². The highest BCUT2D eigenvalue weighted by Crippen LogP contribution is 2.24. The van der Waals surface area contributed by atoms with Gasteiger partial charge in [-0.3, -0.25) is 4.79 Å². The van der Waals surface area contributed by atoms with E-state index >= 15 is 0 Å². The molecule has 1 unspecified atom stereocenters. The molecule has 0 radical (unpaired) electrons. The summed E-state index contributed by atoms with van der Waals surface area (Å²) >= 11 is 0. The standard InChI is InChI=1S/C16H23NO4S/c1-3-21-12-14-6-5-9-17(11-14)22(19,20)16-8-4-7-15(10-16)13(2)18/h4,7-8,10,14H,3,5-6,9,11-12H2,1-2H3. The van der Waals surface area contributed by atoms with Gasteiger partial charge in [0.05, 0.1) is 11.5 Å². The van der Waals surface area contributed by atoms with Gasteiger partial charge in [-0.25, -0.2) is 8.42 Å². The van der Waals surface area contributed by atoms with Gasteiger partial charge in [0, 0.05) is 25.3 Å². The van der Waals surface area contributed by atoms with Crippen molar-refractivity contribution in [2.45, 2.75) is 31.6 Å². The number of rotatable bonds is 6. The van der Waals surface area contributed by atoms with Crippen LogP contribution in [0, 0.1) is 5.92 Å². The second-order valence-electron chi connectivity index (χ2n) is 5.61. The van der Waals surface area contributed by atoms with E-state index in [1.54, 1.807) is 18.2 Å². The molecule has 0 bridgehead atoms. The van der Waals surface area contributed by atoms with Crippen molar-refractivity contribution < 1.29 is 17.9 Å². The Bertz CT molecular complexity index is 627. The number of hydrogen-bond acceptors (Lipinski definition) is 4. The lowest BCUT2D eigenvalue weighted by atomic mass is 10.0. The molecule has 22 heavy (non-hydrogen) atoms. The van der Waals surface area contributed by atoms with Gasteiger partial charge in [-0.05, 0) is 44.7 Å². The number of carbonyl (C=O) groups excluding carboxylic acids is 1. The summed E-state index contributed by atoms with van der Waals surface area (Å²) in [5, 5.41) is 0. The van der Waals surface area contributed by atoms with Crippen LogP contribution in [-0.2, 0) is 14.8 Å². The summed E-state index contributed by atoms with van der Waals surface area (Å²) in [6.45, 7) is 5.61. The third-order valence-corrected chi connectivity index (χ3v) is 5.78. The Hall–Kier alpha value is -1.24. The molecule has 1 heterocycles. The number of ether oxygens (including phenoxy) is 1. The van der Waals surface area contributed by atoms with Crippen LogP contribution in [0.5, 0.6) is 0 Å². The second kappa shape index (κ2) is 7.35. The number of sulfonamides is 1. The summed E-state index contributed by atoms with van der Waals surface area (Å²) in [5.41, 5.74) is 0.420. The smallest absolute Gasteiger partial charge is 0.243 e. The molecule has 0 aliphatic carbocycles. The number of piperidine rings is 1. The Morgan fingerprint density at radius 1 is 1.41 bits per heavy atom. The van der Waals surface area contributed by atoms with Crippen molar-refractivity contribution in [2.24, 2.45) is 5.92 Å². The molecule has 1 fully saturated rings. The molecule has 0 amide bonds. The minimum Gasteiger partial charge on any atom is -0.381 e. The van der Waals surface area contributed by atoms with E-state index in [2.05, 4.69) is 0 Å². The third-order valence-electron chi connectivity index (χ3n) is 3.92. The van der Waals surface area contributed by atoms with Crippen LogP contribution in [0.2, 0.25) is 0 Å². The van der Waals surface area contributed by atoms with Crippen molar-refractivity contribution in [3.63, 3.8) is 0 Å². The largest absolute Gasteiger partial charge is 0.381 e. The van der Waals surface area contributed by atoms with Crippen LogP contribution >= 0.6 is 0 Å². The lowest BCUT2D eigenvalue weighted by Crippen LogP contribution is -2.41. The molecule has 1 aromatic carbocycles. The average molecular weight is 325 g/mol. The monoisotopic (exact) mass is 325 g/mol. The van der Waals surface area contributed by atoms with E-state index in [0.717, 1.165) is 12.8 Å². The summed E-state index contributed by atoms with van der Waals surface area (Å²) in [7, 11) is -3.55. The van der Waals surface area contributed by atoms with Crippen LogP contribution in [-0.4, -0.2) is 44.8 Å². The first-order chi connectivity index (χ1) is 10.4. The zero-order valence-corrected chi connectivity index (χ0v) is 13.9. The first-order valence-electron chi connectivity index (χ1n) is 7.64. The normalized spacial score (nSPS) is 20.0. The highest BCUT2D eigenvalue weighted by molar-refractivity contribution is 7.89. The van der Waals surface area contributed by atoms with E-state index in [1.165, 1.54) is 17.3 Å². The van der Waals surface area contributed by atoms with Gasteiger partial charge in [0.15, 0.2) is 5.78 Å². The van der Waals surface area contributed by atoms with Gasteiger partial charge >= 0.3 is 0 Å². The zero-order chi connectivity index (χ0) is 16.2. The van der Waals surface area contributed by atoms with E-state index in [9.17, 15) is 13.2 Å². The Kier molecular flexibility index (Phi) is 5.72. The van der Waals surface area contributed by atoms with Crippen molar-refractivity contribution >= 4 is 15.8 Å². The summed E-state index contributed by atoms with van der Waals surface area (Å²) in [6.07, 6.45) is 1.82. The average Bonchev–Trinajstić information content (AvgIpc) is 2.53. The van der Waals surface area contributed by atoms with Crippen molar-refractivity contribution in [2.75, 3.05) is 26.3 Å². The molecular weight excluding hydrogens is 302 g/mol. The Balaban J connectivity index is 2.18. The van der Waals surface area contributed by atoms with Crippen molar-refractivity contribution in [1.29, 1.82) is 0 Å². The van der Waals surface area contributed by atoms with Crippen LogP contribution in [0.1, 0.15) is 37.0 Å². The summed E-state index contributed by atoms with van der Waals surface area (Å²) < 4.78 is 32.4. The van der Waals surface area contributed by atoms with Crippen LogP contribution in [0.25, 0.3) is 0 Å². The fourth-order valence-electron chi connectivity index (χ4n) is 2.69. The van der Waals surface area contributed by atoms with E-state index in [4.69, 9.17) is 4.74 Å². The molecule has 1 saturated heterocycles. The number of benzene rings is 1. The fraction of sp³-hybridized carbons (Fsp3) is 0.562. The van der Waals surface area contributed by atoms with Crippen LogP contribution in [0.3, 0.4) is 0 Å². The molecule has 6 heteroatoms. The van der Waals surface area contributed by atoms with Crippen LogP contribution in [0.4, 0.5) is 0 Å². The van der Waals surface area contributed by atoms with Crippen molar-refractivity contribution in [1.82, 2.24) is 4.31 Å². The van der Waals surface area contributed by atoms with E-state index in [1.807, 2.05) is 6.92 Å². The van der Waals surface area contributed by atoms with Crippen LogP contribution < -0.4 is 0 Å². The first-order valence-corrected chi connectivity index (χ1v) is 9.08. The van der Waals surface area contributed by atoms with Crippen LogP contribution in [0.15, 0.2) is 29.2 Å². The van der Waals surface area contributed by atoms with Gasteiger partial charge in [0.25, 0.3) is 0 Å². The predicted octanol–water partition coefficient (Wildman–Crippen LogP) is 2.33. The lowest BCUT2D eigenvalue weighted by molar-refractivity contribution is 0.0864. The van der Waals surface area contributed by atoms with Gasteiger partial charge in [0.2, 0.25) is 10.0 Å². The predicted molar refractivity (Wildman–Crippen MR) is 84.4 cm³/mol. The lowest BCUT2D eigenvalue weighted by Gasteiger charge is -2.31. The maximum atomic E-state index is 12.8. The maximum absolute atomic E-state index is 12.8. The molecule has 122 valence electrons. The molecule has 0 aromatic heterocycles. The minimum absolute atomic E-state index is 0.134. The maximum Gasteiger partial charge on any atom is 0.243 e. The molecule has 1 aromatic rings. The molecule has 0 spiro atoms. The Labute approximate surface area is 132 Å². The summed E-state index contributed by atoms with van der Waals surface area (Å²) in [5.74, 6) is 0.101. The molecule has 5 nitrogen and oxygen atoms in total. The molecule has 2 rings (SSSR count).